The average molecular weight is 436 g/mol. The summed E-state index contributed by atoms with van der Waals surface area (Å²) in [6.07, 6.45) is 0. The van der Waals surface area contributed by atoms with Gasteiger partial charge < -0.3 is 15.5 Å². The Labute approximate surface area is 156 Å². The first-order valence-electron chi connectivity index (χ1n) is 7.64. The molecular formula is C16H29IN4S. The second-order valence-electron chi connectivity index (χ2n) is 4.61. The van der Waals surface area contributed by atoms with Crippen LogP contribution in [0.15, 0.2) is 40.2 Å². The van der Waals surface area contributed by atoms with E-state index < -0.39 is 0 Å². The van der Waals surface area contributed by atoms with Gasteiger partial charge in [-0.15, -0.1) is 35.7 Å². The molecule has 126 valence electrons. The van der Waals surface area contributed by atoms with E-state index in [1.165, 1.54) is 4.90 Å². The summed E-state index contributed by atoms with van der Waals surface area (Å²) in [6.45, 7) is 9.45. The topological polar surface area (TPSA) is 39.7 Å². The fourth-order valence-corrected chi connectivity index (χ4v) is 2.74. The fourth-order valence-electron chi connectivity index (χ4n) is 1.95. The molecule has 22 heavy (non-hydrogen) atoms. The first-order valence-corrected chi connectivity index (χ1v) is 8.63. The predicted molar refractivity (Wildman–Crippen MR) is 110 cm³/mol. The number of halogens is 1. The van der Waals surface area contributed by atoms with Crippen LogP contribution in [0.4, 0.5) is 0 Å². The van der Waals surface area contributed by atoms with Crippen molar-refractivity contribution in [2.75, 3.05) is 45.5 Å². The van der Waals surface area contributed by atoms with Gasteiger partial charge in [0.15, 0.2) is 5.96 Å². The van der Waals surface area contributed by atoms with Crippen molar-refractivity contribution >= 4 is 41.7 Å². The van der Waals surface area contributed by atoms with E-state index in [-0.39, 0.29) is 24.0 Å². The number of thioether (sulfide) groups is 1. The van der Waals surface area contributed by atoms with Crippen molar-refractivity contribution in [1.29, 1.82) is 0 Å². The van der Waals surface area contributed by atoms with Crippen LogP contribution in [0.2, 0.25) is 0 Å². The van der Waals surface area contributed by atoms with E-state index in [0.29, 0.717) is 0 Å². The minimum Gasteiger partial charge on any atom is -0.356 e. The molecule has 0 unspecified atom stereocenters. The van der Waals surface area contributed by atoms with Gasteiger partial charge in [0.25, 0.3) is 0 Å². The summed E-state index contributed by atoms with van der Waals surface area (Å²) in [7, 11) is 1.82. The quantitative estimate of drug-likeness (QED) is 0.205. The van der Waals surface area contributed by atoms with Crippen LogP contribution < -0.4 is 10.6 Å². The summed E-state index contributed by atoms with van der Waals surface area (Å²) in [5.41, 5.74) is 0. The molecule has 1 rings (SSSR count). The number of guanidine groups is 1. The molecule has 2 N–H and O–H groups in total. The lowest BCUT2D eigenvalue weighted by Gasteiger charge is -2.19. The number of hydrogen-bond donors (Lipinski definition) is 2. The first kappa shape index (κ1) is 21.5. The van der Waals surface area contributed by atoms with Gasteiger partial charge in [0.2, 0.25) is 0 Å². The lowest BCUT2D eigenvalue weighted by atomic mass is 10.4. The zero-order valence-electron chi connectivity index (χ0n) is 13.8. The Kier molecular flexibility index (Phi) is 13.8. The van der Waals surface area contributed by atoms with Crippen molar-refractivity contribution in [1.82, 2.24) is 15.5 Å². The monoisotopic (exact) mass is 436 g/mol. The zero-order valence-corrected chi connectivity index (χ0v) is 17.0. The van der Waals surface area contributed by atoms with Crippen LogP contribution in [0.25, 0.3) is 0 Å². The minimum atomic E-state index is 0. The molecule has 0 amide bonds. The van der Waals surface area contributed by atoms with Gasteiger partial charge in [-0.3, -0.25) is 4.99 Å². The summed E-state index contributed by atoms with van der Waals surface area (Å²) >= 11 is 1.86. The number of nitrogens with zero attached hydrogens (tertiary/aromatic N) is 2. The van der Waals surface area contributed by atoms with Gasteiger partial charge in [-0.2, -0.15) is 0 Å². The van der Waals surface area contributed by atoms with Gasteiger partial charge in [0, 0.05) is 37.3 Å². The summed E-state index contributed by atoms with van der Waals surface area (Å²) in [6, 6.07) is 10.5. The highest BCUT2D eigenvalue weighted by Gasteiger charge is 2.00. The first-order chi connectivity index (χ1) is 10.3. The van der Waals surface area contributed by atoms with E-state index >= 15 is 0 Å². The summed E-state index contributed by atoms with van der Waals surface area (Å²) in [5, 5.41) is 6.70. The minimum absolute atomic E-state index is 0. The normalized spacial score (nSPS) is 11.2. The number of rotatable bonds is 9. The van der Waals surface area contributed by atoms with Crippen LogP contribution in [0.1, 0.15) is 13.8 Å². The van der Waals surface area contributed by atoms with E-state index in [9.17, 15) is 0 Å². The molecule has 0 radical (unpaired) electrons. The van der Waals surface area contributed by atoms with Crippen LogP contribution in [0, 0.1) is 0 Å². The molecule has 0 bridgehead atoms. The molecule has 0 fully saturated rings. The van der Waals surface area contributed by atoms with Crippen LogP contribution >= 0.6 is 35.7 Å². The van der Waals surface area contributed by atoms with E-state index in [2.05, 4.69) is 58.6 Å². The molecule has 0 atom stereocenters. The molecule has 0 aliphatic carbocycles. The third-order valence-corrected chi connectivity index (χ3v) is 4.26. The molecule has 0 saturated carbocycles. The molecule has 0 spiro atoms. The van der Waals surface area contributed by atoms with Gasteiger partial charge in [0.1, 0.15) is 0 Å². The molecule has 0 aromatic heterocycles. The van der Waals surface area contributed by atoms with Crippen LogP contribution in [-0.2, 0) is 0 Å². The number of hydrogen-bond acceptors (Lipinski definition) is 3. The largest absolute Gasteiger partial charge is 0.356 e. The highest BCUT2D eigenvalue weighted by atomic mass is 127. The molecule has 6 heteroatoms. The Hall–Kier alpha value is -0.470. The van der Waals surface area contributed by atoms with E-state index in [4.69, 9.17) is 0 Å². The van der Waals surface area contributed by atoms with Gasteiger partial charge in [-0.05, 0) is 25.2 Å². The predicted octanol–water partition coefficient (Wildman–Crippen LogP) is 2.90. The fraction of sp³-hybridized carbons (Fsp3) is 0.562. The highest BCUT2D eigenvalue weighted by molar-refractivity contribution is 14.0. The molecule has 0 aliphatic heterocycles. The maximum Gasteiger partial charge on any atom is 0.191 e. The number of likely N-dealkylation sites (N-methyl/N-ethyl adjacent to an activating group) is 1. The van der Waals surface area contributed by atoms with Crippen molar-refractivity contribution in [3.05, 3.63) is 30.3 Å². The Morgan fingerprint density at radius 3 is 2.32 bits per heavy atom. The molecule has 0 saturated heterocycles. The Balaban J connectivity index is 0.00000441. The molecule has 1 aromatic carbocycles. The number of benzene rings is 1. The number of aliphatic imine (C=N–C) groups is 1. The SMILES string of the molecule is CCN(CC)CCNC(=NC)NCCSc1ccccc1.I. The zero-order chi connectivity index (χ0) is 15.3. The third kappa shape index (κ3) is 9.53. The van der Waals surface area contributed by atoms with Crippen LogP contribution in [0.5, 0.6) is 0 Å². The van der Waals surface area contributed by atoms with E-state index in [1.807, 2.05) is 24.9 Å². The summed E-state index contributed by atoms with van der Waals surface area (Å²) in [4.78, 5) is 7.95. The smallest absolute Gasteiger partial charge is 0.191 e. The lowest BCUT2D eigenvalue weighted by Crippen LogP contribution is -2.42. The van der Waals surface area contributed by atoms with E-state index in [1.54, 1.807) is 0 Å². The second kappa shape index (κ2) is 14.1. The Morgan fingerprint density at radius 2 is 1.73 bits per heavy atom. The maximum absolute atomic E-state index is 4.25. The highest BCUT2D eigenvalue weighted by Crippen LogP contribution is 2.15. The summed E-state index contributed by atoms with van der Waals surface area (Å²) in [5.74, 6) is 1.91. The van der Waals surface area contributed by atoms with E-state index in [0.717, 1.165) is 44.4 Å². The molecule has 0 aliphatic rings. The standard InChI is InChI=1S/C16H28N4S.HI/c1-4-20(5-2)13-11-18-16(17-3)19-12-14-21-15-9-7-6-8-10-15;/h6-10H,4-5,11-14H2,1-3H3,(H2,17,18,19);1H. The van der Waals surface area contributed by atoms with Crippen molar-refractivity contribution < 1.29 is 0 Å². The molecule has 4 nitrogen and oxygen atoms in total. The lowest BCUT2D eigenvalue weighted by molar-refractivity contribution is 0.308. The Bertz CT molecular complexity index is 396. The van der Waals surface area contributed by atoms with Gasteiger partial charge >= 0.3 is 0 Å². The molecule has 0 heterocycles. The van der Waals surface area contributed by atoms with Crippen molar-refractivity contribution in [3.8, 4) is 0 Å². The van der Waals surface area contributed by atoms with Gasteiger partial charge in [-0.1, -0.05) is 32.0 Å². The van der Waals surface area contributed by atoms with Crippen molar-refractivity contribution in [2.45, 2.75) is 18.7 Å². The number of nitrogens with one attached hydrogen (secondary N) is 2. The van der Waals surface area contributed by atoms with Crippen molar-refractivity contribution in [3.63, 3.8) is 0 Å². The van der Waals surface area contributed by atoms with Gasteiger partial charge in [0.05, 0.1) is 0 Å². The van der Waals surface area contributed by atoms with Crippen molar-refractivity contribution in [2.24, 2.45) is 4.99 Å². The summed E-state index contributed by atoms with van der Waals surface area (Å²) < 4.78 is 0. The molecule has 1 aromatic rings. The van der Waals surface area contributed by atoms with Gasteiger partial charge in [-0.25, -0.2) is 0 Å². The molecular weight excluding hydrogens is 407 g/mol. The van der Waals surface area contributed by atoms with Crippen LogP contribution in [-0.4, -0.2) is 56.4 Å². The maximum atomic E-state index is 4.25. The van der Waals surface area contributed by atoms with Crippen LogP contribution in [0.3, 0.4) is 0 Å². The second-order valence-corrected chi connectivity index (χ2v) is 5.78. The Morgan fingerprint density at radius 1 is 1.09 bits per heavy atom. The average Bonchev–Trinajstić information content (AvgIpc) is 2.54. The third-order valence-electron chi connectivity index (χ3n) is 3.24.